The van der Waals surface area contributed by atoms with Crippen molar-refractivity contribution in [2.24, 2.45) is 10.2 Å². The van der Waals surface area contributed by atoms with Crippen LogP contribution < -0.4 is 0 Å². The van der Waals surface area contributed by atoms with Crippen LogP contribution >= 0.6 is 11.3 Å². The molecule has 10 nitrogen and oxygen atoms in total. The van der Waals surface area contributed by atoms with E-state index in [1.165, 1.54) is 30.0 Å². The average Bonchev–Trinajstić information content (AvgIpc) is 3.32. The summed E-state index contributed by atoms with van der Waals surface area (Å²) in [5.74, 6) is -0.172. The van der Waals surface area contributed by atoms with Crippen LogP contribution in [-0.4, -0.2) is 27.0 Å². The molecule has 1 N–H and O–H groups in total. The van der Waals surface area contributed by atoms with E-state index < -0.39 is 16.9 Å². The number of nitro benzene ring substituents is 1. The maximum Gasteiger partial charge on any atom is 0.330 e. The van der Waals surface area contributed by atoms with E-state index in [1.807, 2.05) is 6.08 Å². The van der Waals surface area contributed by atoms with E-state index in [0.717, 1.165) is 24.2 Å². The molecular formula is C23H20N4O6S. The Morgan fingerprint density at radius 3 is 2.94 bits per heavy atom. The number of nitrogens with zero attached hydrogens (tertiary/aromatic N) is 4. The number of allylic oxidation sites excluding steroid dienone is 4. The smallest absolute Gasteiger partial charge is 0.330 e. The molecule has 0 bridgehead atoms. The minimum Gasteiger partial charge on any atom is -0.480 e. The summed E-state index contributed by atoms with van der Waals surface area (Å²) < 4.78 is 11.3. The van der Waals surface area contributed by atoms with Gasteiger partial charge in [-0.3, -0.25) is 10.1 Å². The summed E-state index contributed by atoms with van der Waals surface area (Å²) in [6, 6.07) is 4.65. The Kier molecular flexibility index (Phi) is 7.23. The lowest BCUT2D eigenvalue weighted by atomic mass is 10.0. The number of azo groups is 1. The summed E-state index contributed by atoms with van der Waals surface area (Å²) >= 11 is 1.16. The summed E-state index contributed by atoms with van der Waals surface area (Å²) in [4.78, 5) is 26.6. The van der Waals surface area contributed by atoms with Crippen LogP contribution in [-0.2, 0) is 20.7 Å². The molecular weight excluding hydrogens is 460 g/mol. The molecule has 0 fully saturated rings. The lowest BCUT2D eigenvalue weighted by molar-refractivity contribution is -0.385. The van der Waals surface area contributed by atoms with Crippen molar-refractivity contribution in [1.82, 2.24) is 4.98 Å². The third kappa shape index (κ3) is 5.81. The van der Waals surface area contributed by atoms with Crippen LogP contribution in [0.3, 0.4) is 0 Å². The number of aliphatic carboxylic acids is 1. The maximum atomic E-state index is 11.7. The first-order chi connectivity index (χ1) is 16.5. The summed E-state index contributed by atoms with van der Waals surface area (Å²) in [6.07, 6.45) is 11.6. The topological polar surface area (TPSA) is 137 Å². The molecule has 1 aromatic heterocycles. The number of carboxylic acid groups (broad SMARTS) is 1. The zero-order valence-electron chi connectivity index (χ0n) is 17.9. The van der Waals surface area contributed by atoms with Gasteiger partial charge in [-0.2, -0.15) is 5.11 Å². The lowest BCUT2D eigenvalue weighted by Crippen LogP contribution is -2.20. The van der Waals surface area contributed by atoms with Crippen LogP contribution in [0.5, 0.6) is 0 Å². The van der Waals surface area contributed by atoms with Crippen LogP contribution in [0, 0.1) is 10.1 Å². The highest BCUT2D eigenvalue weighted by atomic mass is 32.1. The SMILES string of the molecule is O=C(O)C(Cc1ccccc1[N+](=O)[O-])N=Nc1nc(C2=COC=C(CC3=CC=CCC3)O2)cs1. The van der Waals surface area contributed by atoms with Crippen molar-refractivity contribution in [3.05, 3.63) is 93.1 Å². The van der Waals surface area contributed by atoms with E-state index in [2.05, 4.69) is 27.4 Å². The molecule has 1 aromatic carbocycles. The molecule has 11 heteroatoms. The first kappa shape index (κ1) is 23.1. The highest BCUT2D eigenvalue weighted by Gasteiger charge is 2.23. The van der Waals surface area contributed by atoms with Gasteiger partial charge in [-0.05, 0) is 12.8 Å². The number of carbonyl (C=O) groups is 1. The minimum atomic E-state index is -1.30. The van der Waals surface area contributed by atoms with Gasteiger partial charge in [-0.15, -0.1) is 16.5 Å². The predicted octanol–water partition coefficient (Wildman–Crippen LogP) is 5.68. The number of ether oxygens (including phenoxy) is 2. The monoisotopic (exact) mass is 480 g/mol. The summed E-state index contributed by atoms with van der Waals surface area (Å²) in [5, 5.41) is 30.5. The van der Waals surface area contributed by atoms with Crippen LogP contribution in [0.1, 0.15) is 30.5 Å². The Bertz CT molecular complexity index is 1240. The Labute approximate surface area is 198 Å². The number of rotatable bonds is 9. The fourth-order valence-corrected chi connectivity index (χ4v) is 4.00. The van der Waals surface area contributed by atoms with Crippen molar-refractivity contribution < 1.29 is 24.3 Å². The molecule has 2 aromatic rings. The lowest BCUT2D eigenvalue weighted by Gasteiger charge is -2.17. The number of hydrogen-bond acceptors (Lipinski definition) is 9. The second kappa shape index (κ2) is 10.7. The van der Waals surface area contributed by atoms with Crippen LogP contribution in [0.15, 0.2) is 82.0 Å². The summed E-state index contributed by atoms with van der Waals surface area (Å²) in [7, 11) is 0. The maximum absolute atomic E-state index is 11.7. The molecule has 1 unspecified atom stereocenters. The fourth-order valence-electron chi connectivity index (χ4n) is 3.36. The average molecular weight is 481 g/mol. The standard InChI is InChI=1S/C23H20N4O6S/c28-22(29)18(11-16-8-4-5-9-20(16)27(30)31)25-26-23-24-19(14-34-23)21-13-32-12-17(33-21)10-15-6-2-1-3-7-15/h1-2,4-6,8-9,12-14,18H,3,7,10-11H2,(H,28,29). The van der Waals surface area contributed by atoms with Crippen molar-refractivity contribution in [3.8, 4) is 0 Å². The number of thiazole rings is 1. The van der Waals surface area contributed by atoms with E-state index in [-0.39, 0.29) is 22.8 Å². The van der Waals surface area contributed by atoms with Crippen molar-refractivity contribution >= 4 is 33.9 Å². The largest absolute Gasteiger partial charge is 0.480 e. The zero-order valence-corrected chi connectivity index (χ0v) is 18.7. The molecule has 2 aliphatic rings. The Hall–Kier alpha value is -4.12. The van der Waals surface area contributed by atoms with Gasteiger partial charge in [-0.1, -0.05) is 42.0 Å². The first-order valence-corrected chi connectivity index (χ1v) is 11.3. The summed E-state index contributed by atoms with van der Waals surface area (Å²) in [5.41, 5.74) is 1.82. The quantitative estimate of drug-likeness (QED) is 0.277. The van der Waals surface area contributed by atoms with Crippen LogP contribution in [0.4, 0.5) is 10.8 Å². The third-order valence-electron chi connectivity index (χ3n) is 5.03. The van der Waals surface area contributed by atoms with Gasteiger partial charge in [-0.25, -0.2) is 9.78 Å². The van der Waals surface area contributed by atoms with Gasteiger partial charge in [0.25, 0.3) is 5.69 Å². The minimum absolute atomic E-state index is 0.161. The second-order valence-corrected chi connectivity index (χ2v) is 8.28. The normalized spacial score (nSPS) is 16.2. The van der Waals surface area contributed by atoms with Gasteiger partial charge in [0.15, 0.2) is 11.8 Å². The van der Waals surface area contributed by atoms with Crippen LogP contribution in [0.25, 0.3) is 5.76 Å². The number of carboxylic acids is 1. The van der Waals surface area contributed by atoms with Gasteiger partial charge in [0.2, 0.25) is 5.13 Å². The van der Waals surface area contributed by atoms with Gasteiger partial charge < -0.3 is 14.6 Å². The highest BCUT2D eigenvalue weighted by molar-refractivity contribution is 7.13. The van der Waals surface area contributed by atoms with E-state index in [1.54, 1.807) is 17.7 Å². The summed E-state index contributed by atoms with van der Waals surface area (Å²) in [6.45, 7) is 0. The molecule has 2 heterocycles. The van der Waals surface area contributed by atoms with E-state index >= 15 is 0 Å². The van der Waals surface area contributed by atoms with Crippen molar-refractivity contribution in [3.63, 3.8) is 0 Å². The molecule has 174 valence electrons. The first-order valence-electron chi connectivity index (χ1n) is 10.4. The van der Waals surface area contributed by atoms with Gasteiger partial charge in [0.05, 0.1) is 4.92 Å². The van der Waals surface area contributed by atoms with Gasteiger partial charge >= 0.3 is 5.97 Å². The van der Waals surface area contributed by atoms with E-state index in [0.29, 0.717) is 23.6 Å². The predicted molar refractivity (Wildman–Crippen MR) is 124 cm³/mol. The van der Waals surface area contributed by atoms with Crippen molar-refractivity contribution in [2.75, 3.05) is 0 Å². The van der Waals surface area contributed by atoms with Crippen LogP contribution in [0.2, 0.25) is 0 Å². The third-order valence-corrected chi connectivity index (χ3v) is 5.76. The fraction of sp³-hybridized carbons (Fsp3) is 0.217. The van der Waals surface area contributed by atoms with E-state index in [4.69, 9.17) is 9.47 Å². The molecule has 1 aliphatic carbocycles. The van der Waals surface area contributed by atoms with Crippen molar-refractivity contribution in [1.29, 1.82) is 0 Å². The highest BCUT2D eigenvalue weighted by Crippen LogP contribution is 2.31. The molecule has 0 spiro atoms. The molecule has 0 radical (unpaired) electrons. The van der Waals surface area contributed by atoms with Crippen molar-refractivity contribution in [2.45, 2.75) is 31.7 Å². The van der Waals surface area contributed by atoms with Gasteiger partial charge in [0.1, 0.15) is 24.0 Å². The molecule has 0 amide bonds. The molecule has 4 rings (SSSR count). The zero-order chi connectivity index (χ0) is 23.9. The van der Waals surface area contributed by atoms with E-state index in [9.17, 15) is 20.0 Å². The Morgan fingerprint density at radius 2 is 2.18 bits per heavy atom. The number of para-hydroxylation sites is 1. The number of nitro groups is 1. The molecule has 0 saturated heterocycles. The molecule has 34 heavy (non-hydrogen) atoms. The number of aromatic nitrogens is 1. The molecule has 0 saturated carbocycles. The Morgan fingerprint density at radius 1 is 1.32 bits per heavy atom. The molecule has 1 aliphatic heterocycles. The Balaban J connectivity index is 1.42. The molecule has 1 atom stereocenters. The number of hydrogen-bond donors (Lipinski definition) is 1. The van der Waals surface area contributed by atoms with Gasteiger partial charge in [0, 0.05) is 29.9 Å². The number of benzene rings is 1. The second-order valence-electron chi connectivity index (χ2n) is 7.45.